The molecule has 8 nitrogen and oxygen atoms in total. The summed E-state index contributed by atoms with van der Waals surface area (Å²) in [6, 6.07) is 10.1. The molecule has 1 heterocycles. The van der Waals surface area contributed by atoms with Gasteiger partial charge in [0.05, 0.1) is 11.1 Å². The summed E-state index contributed by atoms with van der Waals surface area (Å²) in [7, 11) is 0. The monoisotopic (exact) mass is 500 g/mol. The Balaban J connectivity index is 1.90. The lowest BCUT2D eigenvalue weighted by molar-refractivity contribution is -0.134. The Morgan fingerprint density at radius 1 is 1.19 bits per heavy atom. The van der Waals surface area contributed by atoms with Gasteiger partial charge in [0.1, 0.15) is 0 Å². The van der Waals surface area contributed by atoms with Gasteiger partial charge in [0, 0.05) is 24.6 Å². The van der Waals surface area contributed by atoms with E-state index < -0.39 is 11.9 Å². The maximum atomic E-state index is 12.3. The van der Waals surface area contributed by atoms with Gasteiger partial charge in [0.25, 0.3) is 0 Å². The molecule has 0 aromatic heterocycles. The first-order chi connectivity index (χ1) is 15.3. The highest BCUT2D eigenvalue weighted by Gasteiger charge is 2.25. The van der Waals surface area contributed by atoms with Crippen LogP contribution in [0.25, 0.3) is 6.08 Å². The SMILES string of the molecule is CCOc1cc(/C=C2\N=C(c3ccc(NC(C)=O)cc3)OC2=O)cc(Br)c1OC(=O)CC. The van der Waals surface area contributed by atoms with Crippen molar-refractivity contribution < 1.29 is 28.6 Å². The van der Waals surface area contributed by atoms with Gasteiger partial charge in [-0.2, -0.15) is 0 Å². The maximum absolute atomic E-state index is 12.3. The van der Waals surface area contributed by atoms with Crippen LogP contribution in [0.15, 0.2) is 51.6 Å². The number of anilines is 1. The number of rotatable bonds is 7. The van der Waals surface area contributed by atoms with Crippen molar-refractivity contribution >= 4 is 51.4 Å². The summed E-state index contributed by atoms with van der Waals surface area (Å²) < 4.78 is 16.8. The predicted octanol–water partition coefficient (Wildman–Crippen LogP) is 4.47. The lowest BCUT2D eigenvalue weighted by Gasteiger charge is -2.13. The van der Waals surface area contributed by atoms with Gasteiger partial charge in [-0.3, -0.25) is 9.59 Å². The second-order valence-corrected chi connectivity index (χ2v) is 7.54. The van der Waals surface area contributed by atoms with E-state index in [1.165, 1.54) is 6.92 Å². The molecule has 0 unspecified atom stereocenters. The van der Waals surface area contributed by atoms with E-state index in [0.717, 1.165) is 0 Å². The minimum absolute atomic E-state index is 0.110. The number of carbonyl (C=O) groups excluding carboxylic acids is 3. The smallest absolute Gasteiger partial charge is 0.363 e. The quantitative estimate of drug-likeness (QED) is 0.341. The molecule has 1 aliphatic heterocycles. The number of amides is 1. The standard InChI is InChI=1S/C23H21BrN2O6/c1-4-20(28)31-21-17(24)10-14(12-19(21)30-5-2)11-18-23(29)32-22(26-18)15-6-8-16(9-7-15)25-13(3)27/h6-12H,4-5H2,1-3H3,(H,25,27)/b18-11-. The zero-order chi connectivity index (χ0) is 23.3. The van der Waals surface area contributed by atoms with Crippen molar-refractivity contribution in [3.05, 3.63) is 57.7 Å². The number of aliphatic imine (C=N–C) groups is 1. The number of cyclic esters (lactones) is 1. The molecule has 0 saturated carbocycles. The van der Waals surface area contributed by atoms with Crippen molar-refractivity contribution in [3.8, 4) is 11.5 Å². The van der Waals surface area contributed by atoms with Crippen LogP contribution in [0.2, 0.25) is 0 Å². The summed E-state index contributed by atoms with van der Waals surface area (Å²) >= 11 is 3.39. The zero-order valence-electron chi connectivity index (χ0n) is 17.7. The van der Waals surface area contributed by atoms with E-state index in [4.69, 9.17) is 14.2 Å². The molecule has 0 bridgehead atoms. The van der Waals surface area contributed by atoms with Crippen LogP contribution in [0.1, 0.15) is 38.3 Å². The molecule has 32 heavy (non-hydrogen) atoms. The summed E-state index contributed by atoms with van der Waals surface area (Å²) in [5.41, 5.74) is 1.93. The van der Waals surface area contributed by atoms with Gasteiger partial charge in [-0.1, -0.05) is 6.92 Å². The summed E-state index contributed by atoms with van der Waals surface area (Å²) in [5, 5.41) is 2.67. The van der Waals surface area contributed by atoms with Gasteiger partial charge >= 0.3 is 11.9 Å². The normalized spacial score (nSPS) is 14.1. The molecular formula is C23H21BrN2O6. The zero-order valence-corrected chi connectivity index (χ0v) is 19.3. The van der Waals surface area contributed by atoms with E-state index in [9.17, 15) is 14.4 Å². The van der Waals surface area contributed by atoms with E-state index >= 15 is 0 Å². The molecule has 2 aromatic carbocycles. The Morgan fingerprint density at radius 3 is 2.53 bits per heavy atom. The molecule has 166 valence electrons. The van der Waals surface area contributed by atoms with Crippen LogP contribution in [0.3, 0.4) is 0 Å². The van der Waals surface area contributed by atoms with Crippen molar-refractivity contribution in [2.75, 3.05) is 11.9 Å². The van der Waals surface area contributed by atoms with Gasteiger partial charge in [-0.15, -0.1) is 0 Å². The van der Waals surface area contributed by atoms with Crippen LogP contribution in [-0.2, 0) is 19.1 Å². The number of nitrogens with zero attached hydrogens (tertiary/aromatic N) is 1. The van der Waals surface area contributed by atoms with Crippen LogP contribution >= 0.6 is 15.9 Å². The van der Waals surface area contributed by atoms with Crippen LogP contribution < -0.4 is 14.8 Å². The van der Waals surface area contributed by atoms with Crippen molar-refractivity contribution in [3.63, 3.8) is 0 Å². The molecule has 9 heteroatoms. The molecule has 0 saturated heterocycles. The fourth-order valence-electron chi connectivity index (χ4n) is 2.81. The van der Waals surface area contributed by atoms with Crippen molar-refractivity contribution in [2.24, 2.45) is 4.99 Å². The van der Waals surface area contributed by atoms with Crippen molar-refractivity contribution in [1.29, 1.82) is 0 Å². The molecule has 0 aliphatic carbocycles. The summed E-state index contributed by atoms with van der Waals surface area (Å²) in [4.78, 5) is 39.5. The Labute approximate surface area is 193 Å². The third-order valence-corrected chi connectivity index (χ3v) is 4.80. The molecule has 1 amide bonds. The predicted molar refractivity (Wildman–Crippen MR) is 123 cm³/mol. The fraction of sp³-hybridized carbons (Fsp3) is 0.217. The number of ether oxygens (including phenoxy) is 3. The minimum atomic E-state index is -0.596. The molecular weight excluding hydrogens is 480 g/mol. The van der Waals surface area contributed by atoms with Gasteiger partial charge in [-0.05, 0) is 70.9 Å². The number of halogens is 1. The molecule has 0 atom stereocenters. The molecule has 3 rings (SSSR count). The average molecular weight is 501 g/mol. The van der Waals surface area contributed by atoms with Crippen LogP contribution in [-0.4, -0.2) is 30.4 Å². The Morgan fingerprint density at radius 2 is 1.91 bits per heavy atom. The lowest BCUT2D eigenvalue weighted by Crippen LogP contribution is -2.08. The van der Waals surface area contributed by atoms with Crippen molar-refractivity contribution in [1.82, 2.24) is 0 Å². The van der Waals surface area contributed by atoms with Gasteiger partial charge in [-0.25, -0.2) is 9.79 Å². The third-order valence-electron chi connectivity index (χ3n) is 4.21. The van der Waals surface area contributed by atoms with Crippen molar-refractivity contribution in [2.45, 2.75) is 27.2 Å². The highest BCUT2D eigenvalue weighted by molar-refractivity contribution is 9.10. The second-order valence-electron chi connectivity index (χ2n) is 6.69. The van der Waals surface area contributed by atoms with Gasteiger partial charge in [0.15, 0.2) is 17.2 Å². The second kappa shape index (κ2) is 10.2. The number of nitrogens with one attached hydrogen (secondary N) is 1. The molecule has 1 aliphatic rings. The Hall–Kier alpha value is -3.46. The summed E-state index contributed by atoms with van der Waals surface area (Å²) in [5.74, 6) is -0.371. The minimum Gasteiger partial charge on any atom is -0.490 e. The molecule has 0 fully saturated rings. The number of benzene rings is 2. The van der Waals surface area contributed by atoms with E-state index in [1.54, 1.807) is 49.4 Å². The summed E-state index contributed by atoms with van der Waals surface area (Å²) in [6.07, 6.45) is 1.78. The van der Waals surface area contributed by atoms with Gasteiger partial charge < -0.3 is 19.5 Å². The first-order valence-corrected chi connectivity index (χ1v) is 10.7. The first-order valence-electron chi connectivity index (χ1n) is 9.88. The third kappa shape index (κ3) is 5.61. The molecule has 2 aromatic rings. The molecule has 0 radical (unpaired) electrons. The highest BCUT2D eigenvalue weighted by Crippen LogP contribution is 2.38. The summed E-state index contributed by atoms with van der Waals surface area (Å²) in [6.45, 7) is 5.29. The largest absolute Gasteiger partial charge is 0.490 e. The molecule has 0 spiro atoms. The number of carbonyl (C=O) groups is 3. The number of hydrogen-bond acceptors (Lipinski definition) is 7. The number of esters is 2. The van der Waals surface area contributed by atoms with E-state index in [2.05, 4.69) is 26.2 Å². The lowest BCUT2D eigenvalue weighted by atomic mass is 10.1. The number of hydrogen-bond donors (Lipinski definition) is 1. The maximum Gasteiger partial charge on any atom is 0.363 e. The Kier molecular flexibility index (Phi) is 7.42. The van der Waals surface area contributed by atoms with Crippen LogP contribution in [0.4, 0.5) is 5.69 Å². The Bertz CT molecular complexity index is 1120. The first kappa shape index (κ1) is 23.2. The van der Waals surface area contributed by atoms with Crippen LogP contribution in [0, 0.1) is 0 Å². The van der Waals surface area contributed by atoms with E-state index in [0.29, 0.717) is 33.6 Å². The van der Waals surface area contributed by atoms with Crippen LogP contribution in [0.5, 0.6) is 11.5 Å². The molecule has 1 N–H and O–H groups in total. The van der Waals surface area contributed by atoms with E-state index in [-0.39, 0.29) is 29.7 Å². The van der Waals surface area contributed by atoms with E-state index in [1.807, 2.05) is 6.92 Å². The average Bonchev–Trinajstić information content (AvgIpc) is 3.11. The topological polar surface area (TPSA) is 103 Å². The highest BCUT2D eigenvalue weighted by atomic mass is 79.9. The van der Waals surface area contributed by atoms with Gasteiger partial charge in [0.2, 0.25) is 11.8 Å². The fourth-order valence-corrected chi connectivity index (χ4v) is 3.35.